The number of rotatable bonds is 8. The topological polar surface area (TPSA) is 76.5 Å². The van der Waals surface area contributed by atoms with Crippen LogP contribution in [0.25, 0.3) is 0 Å². The van der Waals surface area contributed by atoms with Crippen LogP contribution in [0.5, 0.6) is 0 Å². The summed E-state index contributed by atoms with van der Waals surface area (Å²) in [4.78, 5) is 33.6. The predicted molar refractivity (Wildman–Crippen MR) is 132 cm³/mol. The Morgan fingerprint density at radius 3 is 2.79 bits per heavy atom. The van der Waals surface area contributed by atoms with Crippen molar-refractivity contribution in [3.05, 3.63) is 64.3 Å². The van der Waals surface area contributed by atoms with E-state index in [4.69, 9.17) is 4.74 Å². The summed E-state index contributed by atoms with van der Waals surface area (Å²) in [6.45, 7) is 6.38. The third kappa shape index (κ3) is 5.48. The molecule has 0 radical (unpaired) electrons. The molecule has 0 aliphatic carbocycles. The Morgan fingerprint density at radius 1 is 1.30 bits per heavy atom. The van der Waals surface area contributed by atoms with Crippen molar-refractivity contribution in [1.29, 1.82) is 0 Å². The van der Waals surface area contributed by atoms with Gasteiger partial charge in [-0.1, -0.05) is 42.1 Å². The van der Waals surface area contributed by atoms with Gasteiger partial charge < -0.3 is 14.6 Å². The summed E-state index contributed by atoms with van der Waals surface area (Å²) >= 11 is 2.87. The van der Waals surface area contributed by atoms with E-state index in [-0.39, 0.29) is 17.1 Å². The molecule has 0 saturated carbocycles. The fourth-order valence-corrected chi connectivity index (χ4v) is 5.94. The first-order valence-corrected chi connectivity index (χ1v) is 12.7. The number of thiophene rings is 1. The van der Waals surface area contributed by atoms with Crippen LogP contribution >= 0.6 is 23.1 Å². The van der Waals surface area contributed by atoms with E-state index >= 15 is 0 Å². The Labute approximate surface area is 202 Å². The monoisotopic (exact) mass is 484 g/mol. The van der Waals surface area contributed by atoms with Gasteiger partial charge >= 0.3 is 5.97 Å². The maximum absolute atomic E-state index is 13.0. The van der Waals surface area contributed by atoms with Crippen molar-refractivity contribution in [2.24, 2.45) is 7.05 Å². The van der Waals surface area contributed by atoms with E-state index in [1.54, 1.807) is 13.1 Å². The summed E-state index contributed by atoms with van der Waals surface area (Å²) in [5, 5.41) is 3.99. The highest BCUT2D eigenvalue weighted by Gasteiger charge is 2.30. The van der Waals surface area contributed by atoms with Crippen LogP contribution in [0.15, 0.2) is 47.9 Å². The van der Waals surface area contributed by atoms with E-state index in [0.29, 0.717) is 17.2 Å². The standard InChI is InChI=1S/C24H28N4O3S2/c1-4-31-23(30)20-18-10-12-28(14-17-8-6-5-7-9-17)15-19(18)33-22(20)26-21(29)16(2)32-24-25-11-13-27(24)3/h5-9,11,13,16H,4,10,12,14-15H2,1-3H3,(H,26,29). The quantitative estimate of drug-likeness (QED) is 0.379. The molecular weight excluding hydrogens is 456 g/mol. The van der Waals surface area contributed by atoms with Gasteiger partial charge in [-0.15, -0.1) is 11.3 Å². The lowest BCUT2D eigenvalue weighted by Crippen LogP contribution is -2.30. The van der Waals surface area contributed by atoms with E-state index in [1.165, 1.54) is 28.7 Å². The lowest BCUT2D eigenvalue weighted by Gasteiger charge is -2.27. The number of carbonyl (C=O) groups is 2. The van der Waals surface area contributed by atoms with Crippen molar-refractivity contribution >= 4 is 40.0 Å². The average Bonchev–Trinajstić information content (AvgIpc) is 3.36. The summed E-state index contributed by atoms with van der Waals surface area (Å²) in [7, 11) is 1.90. The zero-order chi connectivity index (χ0) is 23.4. The Bertz CT molecular complexity index is 1130. The molecule has 0 bridgehead atoms. The van der Waals surface area contributed by atoms with Crippen molar-refractivity contribution < 1.29 is 14.3 Å². The number of imidazole rings is 1. The number of nitrogens with one attached hydrogen (secondary N) is 1. The first-order valence-electron chi connectivity index (χ1n) is 11.0. The molecule has 1 atom stereocenters. The van der Waals surface area contributed by atoms with Crippen LogP contribution in [-0.2, 0) is 36.1 Å². The minimum atomic E-state index is -0.369. The van der Waals surface area contributed by atoms with E-state index in [0.717, 1.165) is 41.7 Å². The van der Waals surface area contributed by atoms with Crippen molar-refractivity contribution in [2.45, 2.75) is 43.8 Å². The molecule has 9 heteroatoms. The first kappa shape index (κ1) is 23.5. The number of amides is 1. The Morgan fingerprint density at radius 2 is 2.09 bits per heavy atom. The smallest absolute Gasteiger partial charge is 0.341 e. The van der Waals surface area contributed by atoms with Crippen molar-refractivity contribution in [1.82, 2.24) is 14.5 Å². The van der Waals surface area contributed by atoms with Crippen LogP contribution in [0, 0.1) is 0 Å². The van der Waals surface area contributed by atoms with Gasteiger partial charge in [0, 0.05) is 44.0 Å². The molecule has 33 heavy (non-hydrogen) atoms. The predicted octanol–water partition coefficient (Wildman–Crippen LogP) is 4.34. The van der Waals surface area contributed by atoms with E-state index in [1.807, 2.05) is 42.9 Å². The molecule has 4 rings (SSSR count). The molecule has 2 aromatic heterocycles. The SMILES string of the molecule is CCOC(=O)c1c(NC(=O)C(C)Sc2nccn2C)sc2c1CCN(Cc1ccccc1)C2. The van der Waals surface area contributed by atoms with Crippen LogP contribution < -0.4 is 5.32 Å². The highest BCUT2D eigenvalue weighted by Crippen LogP contribution is 2.38. The molecule has 1 aliphatic heterocycles. The number of hydrogen-bond donors (Lipinski definition) is 1. The van der Waals surface area contributed by atoms with Gasteiger partial charge in [0.2, 0.25) is 5.91 Å². The van der Waals surface area contributed by atoms with Crippen molar-refractivity contribution in [3.63, 3.8) is 0 Å². The first-order chi connectivity index (χ1) is 16.0. The lowest BCUT2D eigenvalue weighted by atomic mass is 10.0. The lowest BCUT2D eigenvalue weighted by molar-refractivity contribution is -0.115. The van der Waals surface area contributed by atoms with Crippen LogP contribution in [0.4, 0.5) is 5.00 Å². The fourth-order valence-electron chi connectivity index (χ4n) is 3.83. The average molecular weight is 485 g/mol. The number of hydrogen-bond acceptors (Lipinski definition) is 7. The number of nitrogens with zero attached hydrogens (tertiary/aromatic N) is 3. The molecule has 1 N–H and O–H groups in total. The van der Waals surface area contributed by atoms with E-state index in [9.17, 15) is 9.59 Å². The second kappa shape index (κ2) is 10.5. The molecule has 174 valence electrons. The molecule has 1 unspecified atom stereocenters. The Balaban J connectivity index is 1.53. The molecule has 1 aromatic carbocycles. The van der Waals surface area contributed by atoms with Gasteiger partial charge in [0.1, 0.15) is 5.00 Å². The molecule has 0 spiro atoms. The number of thioether (sulfide) groups is 1. The normalized spacial score (nSPS) is 14.5. The van der Waals surface area contributed by atoms with E-state index in [2.05, 4.69) is 27.3 Å². The zero-order valence-corrected chi connectivity index (χ0v) is 20.7. The number of benzene rings is 1. The molecule has 0 saturated heterocycles. The number of aryl methyl sites for hydroxylation is 1. The maximum atomic E-state index is 13.0. The number of ether oxygens (including phenoxy) is 1. The van der Waals surface area contributed by atoms with Gasteiger partial charge in [-0.3, -0.25) is 9.69 Å². The molecule has 3 aromatic rings. The van der Waals surface area contributed by atoms with Crippen molar-refractivity contribution in [3.8, 4) is 0 Å². The largest absolute Gasteiger partial charge is 0.462 e. The van der Waals surface area contributed by atoms with Gasteiger partial charge in [0.25, 0.3) is 0 Å². The molecule has 3 heterocycles. The van der Waals surface area contributed by atoms with Gasteiger partial charge in [0.15, 0.2) is 5.16 Å². The van der Waals surface area contributed by atoms with Crippen molar-refractivity contribution in [2.75, 3.05) is 18.5 Å². The number of anilines is 1. The third-order valence-electron chi connectivity index (χ3n) is 5.53. The van der Waals surface area contributed by atoms with Crippen LogP contribution in [0.2, 0.25) is 0 Å². The molecular formula is C24H28N4O3S2. The van der Waals surface area contributed by atoms with E-state index < -0.39 is 0 Å². The number of aromatic nitrogens is 2. The zero-order valence-electron chi connectivity index (χ0n) is 19.0. The molecule has 1 aliphatic rings. The number of carbonyl (C=O) groups excluding carboxylic acids is 2. The van der Waals surface area contributed by atoms with Gasteiger partial charge in [-0.25, -0.2) is 9.78 Å². The van der Waals surface area contributed by atoms with Crippen LogP contribution in [0.1, 0.15) is 40.2 Å². The summed E-state index contributed by atoms with van der Waals surface area (Å²) < 4.78 is 7.22. The second-order valence-electron chi connectivity index (χ2n) is 7.94. The second-order valence-corrected chi connectivity index (χ2v) is 10.4. The maximum Gasteiger partial charge on any atom is 0.341 e. The fraction of sp³-hybridized carbons (Fsp3) is 0.375. The minimum Gasteiger partial charge on any atom is -0.462 e. The summed E-state index contributed by atoms with van der Waals surface area (Å²) in [6.07, 6.45) is 4.31. The Kier molecular flexibility index (Phi) is 7.52. The van der Waals surface area contributed by atoms with Crippen LogP contribution in [0.3, 0.4) is 0 Å². The third-order valence-corrected chi connectivity index (χ3v) is 7.83. The molecule has 0 fully saturated rings. The van der Waals surface area contributed by atoms with Gasteiger partial charge in [0.05, 0.1) is 17.4 Å². The molecule has 1 amide bonds. The minimum absolute atomic E-state index is 0.159. The Hall–Kier alpha value is -2.62. The van der Waals surface area contributed by atoms with Gasteiger partial charge in [-0.2, -0.15) is 0 Å². The molecule has 7 nitrogen and oxygen atoms in total. The summed E-state index contributed by atoms with van der Waals surface area (Å²) in [5.41, 5.74) is 2.78. The highest BCUT2D eigenvalue weighted by molar-refractivity contribution is 8.00. The highest BCUT2D eigenvalue weighted by atomic mass is 32.2. The van der Waals surface area contributed by atoms with Crippen LogP contribution in [-0.4, -0.2) is 44.7 Å². The number of fused-ring (bicyclic) bond motifs is 1. The van der Waals surface area contributed by atoms with Gasteiger partial charge in [-0.05, 0) is 31.4 Å². The summed E-state index contributed by atoms with van der Waals surface area (Å²) in [5.74, 6) is -0.528. The number of esters is 1. The summed E-state index contributed by atoms with van der Waals surface area (Å²) in [6, 6.07) is 10.4.